The van der Waals surface area contributed by atoms with Crippen LogP contribution in [0, 0.1) is 5.82 Å². The van der Waals surface area contributed by atoms with Gasteiger partial charge >= 0.3 is 0 Å². The predicted octanol–water partition coefficient (Wildman–Crippen LogP) is 3.62. The Morgan fingerprint density at radius 2 is 2.08 bits per heavy atom. The van der Waals surface area contributed by atoms with Crippen molar-refractivity contribution >= 4 is 5.91 Å². The van der Waals surface area contributed by atoms with E-state index >= 15 is 0 Å². The molecule has 138 valence electrons. The van der Waals surface area contributed by atoms with Crippen LogP contribution in [0.5, 0.6) is 5.75 Å². The molecule has 26 heavy (non-hydrogen) atoms. The second-order valence-electron chi connectivity index (χ2n) is 6.65. The molecule has 0 spiro atoms. The van der Waals surface area contributed by atoms with Crippen molar-refractivity contribution in [2.24, 2.45) is 0 Å². The summed E-state index contributed by atoms with van der Waals surface area (Å²) in [6.45, 7) is 5.50. The van der Waals surface area contributed by atoms with Crippen molar-refractivity contribution in [3.63, 3.8) is 0 Å². The fourth-order valence-electron chi connectivity index (χ4n) is 3.20. The summed E-state index contributed by atoms with van der Waals surface area (Å²) in [4.78, 5) is 14.9. The minimum atomic E-state index is -0.267. The van der Waals surface area contributed by atoms with E-state index in [1.54, 1.807) is 24.3 Å². The van der Waals surface area contributed by atoms with E-state index in [2.05, 4.69) is 17.1 Å². The van der Waals surface area contributed by atoms with Crippen LogP contribution in [0.4, 0.5) is 4.39 Å². The van der Waals surface area contributed by atoms with Gasteiger partial charge in [0, 0.05) is 18.2 Å². The maximum absolute atomic E-state index is 12.9. The van der Waals surface area contributed by atoms with Crippen molar-refractivity contribution in [3.05, 3.63) is 65.5 Å². The minimum absolute atomic E-state index is 0.0693. The van der Waals surface area contributed by atoms with E-state index in [-0.39, 0.29) is 17.8 Å². The van der Waals surface area contributed by atoms with Crippen LogP contribution in [0.2, 0.25) is 0 Å². The minimum Gasteiger partial charge on any atom is -0.489 e. The number of hydrogen-bond donors (Lipinski definition) is 1. The number of amides is 1. The summed E-state index contributed by atoms with van der Waals surface area (Å²) >= 11 is 0. The molecule has 0 radical (unpaired) electrons. The van der Waals surface area contributed by atoms with Crippen molar-refractivity contribution in [2.75, 3.05) is 19.6 Å². The first-order valence-corrected chi connectivity index (χ1v) is 9.14. The van der Waals surface area contributed by atoms with E-state index in [4.69, 9.17) is 4.74 Å². The first-order valence-electron chi connectivity index (χ1n) is 9.14. The number of hydrogen-bond acceptors (Lipinski definition) is 3. The molecule has 2 aromatic carbocycles. The van der Waals surface area contributed by atoms with Gasteiger partial charge in [-0.1, -0.05) is 25.1 Å². The molecule has 1 saturated heterocycles. The summed E-state index contributed by atoms with van der Waals surface area (Å²) in [5, 5.41) is 3.13. The molecule has 1 fully saturated rings. The Morgan fingerprint density at radius 3 is 2.85 bits per heavy atom. The standard InChI is InChI=1S/C21H25FN2O2/c1-2-24-12-4-6-19(14-24)23-21(25)17-5-3-7-20(13-17)26-15-16-8-10-18(22)11-9-16/h3,5,7-11,13,19H,2,4,6,12,14-15H2,1H3,(H,23,25)/t19-/m0/s1. The monoisotopic (exact) mass is 356 g/mol. The summed E-state index contributed by atoms with van der Waals surface area (Å²) in [7, 11) is 0. The Bertz CT molecular complexity index is 733. The molecule has 1 aliphatic heterocycles. The first kappa shape index (κ1) is 18.4. The Labute approximate surface area is 154 Å². The van der Waals surface area contributed by atoms with Crippen molar-refractivity contribution in [3.8, 4) is 5.75 Å². The average molecular weight is 356 g/mol. The van der Waals surface area contributed by atoms with Gasteiger partial charge in [0.1, 0.15) is 18.2 Å². The van der Waals surface area contributed by atoms with Crippen LogP contribution in [0.3, 0.4) is 0 Å². The molecule has 1 N–H and O–H groups in total. The highest BCUT2D eigenvalue weighted by Crippen LogP contribution is 2.17. The zero-order chi connectivity index (χ0) is 18.4. The molecule has 3 rings (SSSR count). The van der Waals surface area contributed by atoms with Crippen molar-refractivity contribution in [2.45, 2.75) is 32.4 Å². The highest BCUT2D eigenvalue weighted by atomic mass is 19.1. The van der Waals surface area contributed by atoms with Gasteiger partial charge in [0.15, 0.2) is 0 Å². The van der Waals surface area contributed by atoms with E-state index < -0.39 is 0 Å². The molecule has 1 heterocycles. The van der Waals surface area contributed by atoms with Crippen LogP contribution < -0.4 is 10.1 Å². The quantitative estimate of drug-likeness (QED) is 0.860. The molecular formula is C21H25FN2O2. The van der Waals surface area contributed by atoms with Gasteiger partial charge in [0.05, 0.1) is 0 Å². The molecule has 0 aromatic heterocycles. The molecule has 5 heteroatoms. The second-order valence-corrected chi connectivity index (χ2v) is 6.65. The Morgan fingerprint density at radius 1 is 1.27 bits per heavy atom. The highest BCUT2D eigenvalue weighted by Gasteiger charge is 2.20. The molecule has 4 nitrogen and oxygen atoms in total. The van der Waals surface area contributed by atoms with Crippen LogP contribution >= 0.6 is 0 Å². The van der Waals surface area contributed by atoms with Gasteiger partial charge in [-0.3, -0.25) is 4.79 Å². The normalized spacial score (nSPS) is 17.7. The molecule has 1 aliphatic rings. The number of ether oxygens (including phenoxy) is 1. The summed E-state index contributed by atoms with van der Waals surface area (Å²) in [6.07, 6.45) is 2.13. The number of benzene rings is 2. The topological polar surface area (TPSA) is 41.6 Å². The lowest BCUT2D eigenvalue weighted by Crippen LogP contribution is -2.47. The van der Waals surface area contributed by atoms with Gasteiger partial charge in [0.2, 0.25) is 0 Å². The maximum atomic E-state index is 12.9. The molecule has 0 saturated carbocycles. The fraction of sp³-hybridized carbons (Fsp3) is 0.381. The van der Waals surface area contributed by atoms with Crippen LogP contribution in [0.15, 0.2) is 48.5 Å². The number of carbonyl (C=O) groups excluding carboxylic acids is 1. The number of piperidine rings is 1. The SMILES string of the molecule is CCN1CCC[C@H](NC(=O)c2cccc(OCc3ccc(F)cc3)c2)C1. The lowest BCUT2D eigenvalue weighted by Gasteiger charge is -2.32. The third-order valence-corrected chi connectivity index (χ3v) is 4.70. The van der Waals surface area contributed by atoms with Gasteiger partial charge in [-0.25, -0.2) is 4.39 Å². The molecule has 1 atom stereocenters. The lowest BCUT2D eigenvalue weighted by atomic mass is 10.1. The molecule has 0 bridgehead atoms. The van der Waals surface area contributed by atoms with Crippen LogP contribution in [-0.2, 0) is 6.61 Å². The van der Waals surface area contributed by atoms with E-state index in [9.17, 15) is 9.18 Å². The van der Waals surface area contributed by atoms with Crippen molar-refractivity contribution in [1.82, 2.24) is 10.2 Å². The van der Waals surface area contributed by atoms with Crippen LogP contribution in [-0.4, -0.2) is 36.5 Å². The summed E-state index contributed by atoms with van der Waals surface area (Å²) in [6, 6.07) is 13.6. The number of halogens is 1. The van der Waals surface area contributed by atoms with E-state index in [1.807, 2.05) is 12.1 Å². The largest absolute Gasteiger partial charge is 0.489 e. The second kappa shape index (κ2) is 8.81. The zero-order valence-corrected chi connectivity index (χ0v) is 15.1. The fourth-order valence-corrected chi connectivity index (χ4v) is 3.20. The Balaban J connectivity index is 1.57. The average Bonchev–Trinajstić information content (AvgIpc) is 2.68. The Hall–Kier alpha value is -2.40. The number of likely N-dealkylation sites (tertiary alicyclic amines) is 1. The lowest BCUT2D eigenvalue weighted by molar-refractivity contribution is 0.0905. The van der Waals surface area contributed by atoms with Gasteiger partial charge in [0.25, 0.3) is 5.91 Å². The molecule has 0 aliphatic carbocycles. The third kappa shape index (κ3) is 5.05. The van der Waals surface area contributed by atoms with Crippen LogP contribution in [0.1, 0.15) is 35.7 Å². The number of carbonyl (C=O) groups is 1. The highest BCUT2D eigenvalue weighted by molar-refractivity contribution is 5.94. The number of nitrogens with zero attached hydrogens (tertiary/aromatic N) is 1. The summed E-state index contributed by atoms with van der Waals surface area (Å²) < 4.78 is 18.7. The van der Waals surface area contributed by atoms with Crippen molar-refractivity contribution < 1.29 is 13.9 Å². The number of rotatable bonds is 6. The third-order valence-electron chi connectivity index (χ3n) is 4.70. The van der Waals surface area contributed by atoms with E-state index in [1.165, 1.54) is 12.1 Å². The van der Waals surface area contributed by atoms with Gasteiger partial charge < -0.3 is 15.0 Å². The van der Waals surface area contributed by atoms with Crippen molar-refractivity contribution in [1.29, 1.82) is 0 Å². The van der Waals surface area contributed by atoms with Gasteiger partial charge in [-0.05, 0) is 61.8 Å². The number of likely N-dealkylation sites (N-methyl/N-ethyl adjacent to an activating group) is 1. The zero-order valence-electron chi connectivity index (χ0n) is 15.1. The summed E-state index contributed by atoms with van der Waals surface area (Å²) in [5.74, 6) is 0.290. The molecule has 0 unspecified atom stereocenters. The Kier molecular flexibility index (Phi) is 6.23. The van der Waals surface area contributed by atoms with E-state index in [0.29, 0.717) is 17.9 Å². The molecule has 1 amide bonds. The smallest absolute Gasteiger partial charge is 0.251 e. The summed E-state index contributed by atoms with van der Waals surface area (Å²) in [5.41, 5.74) is 1.47. The maximum Gasteiger partial charge on any atom is 0.251 e. The van der Waals surface area contributed by atoms with Gasteiger partial charge in [-0.15, -0.1) is 0 Å². The molecular weight excluding hydrogens is 331 g/mol. The predicted molar refractivity (Wildman–Crippen MR) is 99.8 cm³/mol. The van der Waals surface area contributed by atoms with Crippen LogP contribution in [0.25, 0.3) is 0 Å². The first-order chi connectivity index (χ1) is 12.6. The number of nitrogens with one attached hydrogen (secondary N) is 1. The van der Waals surface area contributed by atoms with Gasteiger partial charge in [-0.2, -0.15) is 0 Å². The molecule has 2 aromatic rings. The van der Waals surface area contributed by atoms with E-state index in [0.717, 1.165) is 38.0 Å².